The first-order chi connectivity index (χ1) is 9.42. The lowest BCUT2D eigenvalue weighted by Gasteiger charge is -2.42. The second-order valence-electron chi connectivity index (χ2n) is 8.46. The van der Waals surface area contributed by atoms with Crippen LogP contribution >= 0.6 is 0 Å². The highest BCUT2D eigenvalue weighted by Crippen LogP contribution is 2.38. The van der Waals surface area contributed by atoms with Gasteiger partial charge in [0.1, 0.15) is 0 Å². The van der Waals surface area contributed by atoms with Gasteiger partial charge < -0.3 is 10.2 Å². The zero-order valence-electron chi connectivity index (χ0n) is 14.3. The summed E-state index contributed by atoms with van der Waals surface area (Å²) in [6, 6.07) is 0. The van der Waals surface area contributed by atoms with E-state index in [0.717, 1.165) is 5.92 Å². The molecule has 0 amide bonds. The maximum Gasteiger partial charge on any atom is 0.00967 e. The molecule has 1 N–H and O–H groups in total. The fourth-order valence-corrected chi connectivity index (χ4v) is 4.01. The van der Waals surface area contributed by atoms with Gasteiger partial charge in [-0.3, -0.25) is 0 Å². The molecule has 1 saturated carbocycles. The van der Waals surface area contributed by atoms with Crippen molar-refractivity contribution in [1.82, 2.24) is 10.2 Å². The molecule has 1 aliphatic carbocycles. The number of hydrogen-bond acceptors (Lipinski definition) is 2. The molecule has 2 aliphatic rings. The van der Waals surface area contributed by atoms with E-state index in [-0.39, 0.29) is 5.54 Å². The van der Waals surface area contributed by atoms with Crippen molar-refractivity contribution >= 4 is 0 Å². The van der Waals surface area contributed by atoms with Crippen LogP contribution in [0.2, 0.25) is 0 Å². The molecule has 0 aromatic carbocycles. The van der Waals surface area contributed by atoms with Gasteiger partial charge in [0.25, 0.3) is 0 Å². The molecule has 1 heterocycles. The highest BCUT2D eigenvalue weighted by molar-refractivity contribution is 4.91. The Hall–Kier alpha value is -0.0800. The van der Waals surface area contributed by atoms with Crippen LogP contribution < -0.4 is 5.32 Å². The molecular formula is C18H36N2. The monoisotopic (exact) mass is 280 g/mol. The molecule has 20 heavy (non-hydrogen) atoms. The third-order valence-electron chi connectivity index (χ3n) is 5.41. The zero-order chi connectivity index (χ0) is 14.6. The Labute approximate surface area is 126 Å². The van der Waals surface area contributed by atoms with Crippen LogP contribution in [0.4, 0.5) is 0 Å². The predicted molar refractivity (Wildman–Crippen MR) is 88.1 cm³/mol. The van der Waals surface area contributed by atoms with Crippen molar-refractivity contribution in [3.8, 4) is 0 Å². The maximum atomic E-state index is 3.80. The first-order valence-electron chi connectivity index (χ1n) is 8.90. The highest BCUT2D eigenvalue weighted by atomic mass is 15.2. The largest absolute Gasteiger partial charge is 0.311 e. The van der Waals surface area contributed by atoms with Gasteiger partial charge in [0.2, 0.25) is 0 Å². The van der Waals surface area contributed by atoms with Gasteiger partial charge >= 0.3 is 0 Å². The third kappa shape index (κ3) is 4.73. The first-order valence-corrected chi connectivity index (χ1v) is 8.90. The van der Waals surface area contributed by atoms with Gasteiger partial charge in [0, 0.05) is 25.2 Å². The van der Waals surface area contributed by atoms with Gasteiger partial charge in [-0.25, -0.2) is 0 Å². The highest BCUT2D eigenvalue weighted by Gasteiger charge is 2.36. The van der Waals surface area contributed by atoms with Gasteiger partial charge in [0.15, 0.2) is 0 Å². The number of rotatable bonds is 5. The summed E-state index contributed by atoms with van der Waals surface area (Å²) in [4.78, 5) is 2.77. The third-order valence-corrected chi connectivity index (χ3v) is 5.41. The molecule has 1 atom stereocenters. The lowest BCUT2D eigenvalue weighted by Crippen LogP contribution is -2.49. The van der Waals surface area contributed by atoms with Gasteiger partial charge in [-0.15, -0.1) is 0 Å². The van der Waals surface area contributed by atoms with Gasteiger partial charge in [-0.1, -0.05) is 32.6 Å². The molecule has 118 valence electrons. The second-order valence-corrected chi connectivity index (χ2v) is 8.46. The van der Waals surface area contributed by atoms with E-state index < -0.39 is 0 Å². The lowest BCUT2D eigenvalue weighted by atomic mass is 9.73. The number of hydrogen-bond donors (Lipinski definition) is 1. The Morgan fingerprint density at radius 3 is 2.40 bits per heavy atom. The van der Waals surface area contributed by atoms with E-state index in [9.17, 15) is 0 Å². The fourth-order valence-electron chi connectivity index (χ4n) is 4.01. The van der Waals surface area contributed by atoms with Gasteiger partial charge in [-0.2, -0.15) is 0 Å². The van der Waals surface area contributed by atoms with Crippen molar-refractivity contribution in [2.75, 3.05) is 26.2 Å². The molecule has 2 rings (SSSR count). The minimum Gasteiger partial charge on any atom is -0.311 e. The van der Waals surface area contributed by atoms with Crippen molar-refractivity contribution in [3.63, 3.8) is 0 Å². The smallest absolute Gasteiger partial charge is 0.00967 e. The summed E-state index contributed by atoms with van der Waals surface area (Å²) in [5, 5.41) is 3.80. The molecule has 2 heteroatoms. The van der Waals surface area contributed by atoms with Crippen LogP contribution in [0.3, 0.4) is 0 Å². The summed E-state index contributed by atoms with van der Waals surface area (Å²) in [6.45, 7) is 14.5. The van der Waals surface area contributed by atoms with Crippen LogP contribution in [0.1, 0.15) is 72.6 Å². The van der Waals surface area contributed by atoms with Crippen molar-refractivity contribution in [2.24, 2.45) is 11.3 Å². The average Bonchev–Trinajstić information content (AvgIpc) is 2.84. The van der Waals surface area contributed by atoms with Gasteiger partial charge in [-0.05, 0) is 57.9 Å². The normalized spacial score (nSPS) is 27.9. The molecule has 1 aliphatic heterocycles. The molecule has 1 saturated heterocycles. The molecular weight excluding hydrogens is 244 g/mol. The number of nitrogens with one attached hydrogen (secondary N) is 1. The Morgan fingerprint density at radius 1 is 1.15 bits per heavy atom. The van der Waals surface area contributed by atoms with E-state index in [4.69, 9.17) is 0 Å². The Kier molecular flexibility index (Phi) is 5.53. The van der Waals surface area contributed by atoms with Crippen LogP contribution in [0, 0.1) is 11.3 Å². The van der Waals surface area contributed by atoms with Crippen molar-refractivity contribution in [2.45, 2.75) is 78.2 Å². The van der Waals surface area contributed by atoms with Crippen LogP contribution in [0.25, 0.3) is 0 Å². The SMILES string of the molecule is CCC1CCN(CC2(CNC(C)(C)C)CCCCC2)C1. The van der Waals surface area contributed by atoms with Gasteiger partial charge in [0.05, 0.1) is 0 Å². The van der Waals surface area contributed by atoms with Crippen LogP contribution in [0.5, 0.6) is 0 Å². The number of likely N-dealkylation sites (tertiary alicyclic amines) is 1. The van der Waals surface area contributed by atoms with E-state index >= 15 is 0 Å². The molecule has 2 nitrogen and oxygen atoms in total. The summed E-state index contributed by atoms with van der Waals surface area (Å²) in [5.74, 6) is 0.964. The Morgan fingerprint density at radius 2 is 1.85 bits per heavy atom. The fraction of sp³-hybridized carbons (Fsp3) is 1.00. The van der Waals surface area contributed by atoms with E-state index in [2.05, 4.69) is 37.9 Å². The molecule has 0 bridgehead atoms. The van der Waals surface area contributed by atoms with Crippen LogP contribution in [-0.4, -0.2) is 36.6 Å². The van der Waals surface area contributed by atoms with Crippen molar-refractivity contribution in [3.05, 3.63) is 0 Å². The lowest BCUT2D eigenvalue weighted by molar-refractivity contribution is 0.106. The topological polar surface area (TPSA) is 15.3 Å². The van der Waals surface area contributed by atoms with E-state index in [1.165, 1.54) is 71.1 Å². The first kappa shape index (κ1) is 16.3. The summed E-state index contributed by atoms with van der Waals surface area (Å²) >= 11 is 0. The van der Waals surface area contributed by atoms with E-state index in [0.29, 0.717) is 5.41 Å². The van der Waals surface area contributed by atoms with E-state index in [1.807, 2.05) is 0 Å². The Balaban J connectivity index is 1.92. The molecule has 2 fully saturated rings. The molecule has 0 aromatic rings. The summed E-state index contributed by atoms with van der Waals surface area (Å²) in [5.41, 5.74) is 0.801. The van der Waals surface area contributed by atoms with Crippen LogP contribution in [-0.2, 0) is 0 Å². The summed E-state index contributed by atoms with van der Waals surface area (Å²) in [7, 11) is 0. The molecule has 0 aromatic heterocycles. The average molecular weight is 280 g/mol. The quantitative estimate of drug-likeness (QED) is 0.817. The zero-order valence-corrected chi connectivity index (χ0v) is 14.3. The van der Waals surface area contributed by atoms with E-state index in [1.54, 1.807) is 0 Å². The van der Waals surface area contributed by atoms with Crippen molar-refractivity contribution in [1.29, 1.82) is 0 Å². The second kappa shape index (κ2) is 6.79. The minimum atomic E-state index is 0.251. The Bertz CT molecular complexity index is 286. The molecule has 0 spiro atoms. The van der Waals surface area contributed by atoms with Crippen LogP contribution in [0.15, 0.2) is 0 Å². The minimum absolute atomic E-state index is 0.251. The maximum absolute atomic E-state index is 3.80. The summed E-state index contributed by atoms with van der Waals surface area (Å²) < 4.78 is 0. The standard InChI is InChI=1S/C18H36N2/c1-5-16-9-12-20(13-16)15-18(10-7-6-8-11-18)14-19-17(2,3)4/h16,19H,5-15H2,1-4H3. The predicted octanol–water partition coefficient (Wildman–Crippen LogP) is 4.06. The van der Waals surface area contributed by atoms with Crippen molar-refractivity contribution < 1.29 is 0 Å². The molecule has 0 radical (unpaired) electrons. The number of nitrogens with zero attached hydrogens (tertiary/aromatic N) is 1. The molecule has 1 unspecified atom stereocenters. The summed E-state index contributed by atoms with van der Waals surface area (Å²) in [6.07, 6.45) is 10.00.